The Morgan fingerprint density at radius 1 is 1.15 bits per heavy atom. The number of benzene rings is 1. The lowest BCUT2D eigenvalue weighted by Crippen LogP contribution is -2.50. The topological polar surface area (TPSA) is 108 Å². The van der Waals surface area contributed by atoms with Gasteiger partial charge in [-0.1, -0.05) is 0 Å². The molecule has 0 saturated carbocycles. The largest absolute Gasteiger partial charge is 0.417 e. The molecule has 2 N–H and O–H groups in total. The molecular formula is C18H22N4O5. The average molecular weight is 374 g/mol. The lowest BCUT2D eigenvalue weighted by molar-refractivity contribution is -0.141. The van der Waals surface area contributed by atoms with E-state index in [2.05, 4.69) is 10.3 Å². The number of nitrogens with zero attached hydrogens (tertiary/aromatic N) is 2. The van der Waals surface area contributed by atoms with Gasteiger partial charge in [-0.2, -0.15) is 0 Å². The van der Waals surface area contributed by atoms with Gasteiger partial charge in [0.05, 0.1) is 24.6 Å². The van der Waals surface area contributed by atoms with Crippen LogP contribution in [-0.4, -0.2) is 66.1 Å². The Labute approximate surface area is 155 Å². The van der Waals surface area contributed by atoms with Gasteiger partial charge in [0.2, 0.25) is 5.91 Å². The van der Waals surface area contributed by atoms with Gasteiger partial charge in [0, 0.05) is 37.9 Å². The molecule has 1 aromatic heterocycles. The molecule has 0 aliphatic carbocycles. The van der Waals surface area contributed by atoms with E-state index >= 15 is 0 Å². The maximum absolute atomic E-state index is 12.7. The predicted molar refractivity (Wildman–Crippen MR) is 97.5 cm³/mol. The van der Waals surface area contributed by atoms with Gasteiger partial charge in [0.25, 0.3) is 0 Å². The van der Waals surface area contributed by atoms with E-state index in [1.165, 1.54) is 0 Å². The first-order chi connectivity index (χ1) is 13.1. The zero-order valence-corrected chi connectivity index (χ0v) is 14.9. The van der Waals surface area contributed by atoms with Crippen molar-refractivity contribution in [2.45, 2.75) is 12.8 Å². The number of aromatic nitrogens is 1. The van der Waals surface area contributed by atoms with E-state index in [1.54, 1.807) is 23.1 Å². The summed E-state index contributed by atoms with van der Waals surface area (Å²) in [6, 6.07) is 4.72. The van der Waals surface area contributed by atoms with Crippen LogP contribution < -0.4 is 11.1 Å². The molecule has 2 aliphatic rings. The number of carbonyl (C=O) groups excluding carboxylic acids is 2. The summed E-state index contributed by atoms with van der Waals surface area (Å²) in [5, 5.41) is 2.82. The van der Waals surface area contributed by atoms with E-state index in [0.29, 0.717) is 56.2 Å². The van der Waals surface area contributed by atoms with E-state index in [9.17, 15) is 14.4 Å². The molecule has 0 radical (unpaired) electrons. The minimum atomic E-state index is -0.533. The first kappa shape index (κ1) is 17.6. The van der Waals surface area contributed by atoms with E-state index in [0.717, 1.165) is 12.8 Å². The zero-order valence-electron chi connectivity index (χ0n) is 14.9. The fraction of sp³-hybridized carbons (Fsp3) is 0.500. The van der Waals surface area contributed by atoms with Crippen LogP contribution >= 0.6 is 0 Å². The molecule has 9 nitrogen and oxygen atoms in total. The van der Waals surface area contributed by atoms with Crippen molar-refractivity contribution in [1.82, 2.24) is 14.8 Å². The van der Waals surface area contributed by atoms with Crippen LogP contribution in [0.15, 0.2) is 27.4 Å². The smallest absolute Gasteiger partial charge is 0.408 e. The fourth-order valence-corrected chi connectivity index (χ4v) is 3.63. The number of H-pyrrole nitrogens is 1. The highest BCUT2D eigenvalue weighted by atomic mass is 16.5. The van der Waals surface area contributed by atoms with Crippen molar-refractivity contribution in [2.75, 3.05) is 44.7 Å². The standard InChI is InChI=1S/C18H22N4O5/c23-16(21-6-8-26-9-7-21)12-2-1-5-22(11-12)17(24)19-13-3-4-14-15(10-13)27-18(25)20-14/h3-4,10,12H,1-2,5-9,11H2,(H,19,24)(H,20,25)/t12-/m0/s1. The average Bonchev–Trinajstić information content (AvgIpc) is 3.07. The van der Waals surface area contributed by atoms with Crippen molar-refractivity contribution >= 4 is 28.7 Å². The summed E-state index contributed by atoms with van der Waals surface area (Å²) in [4.78, 5) is 42.6. The molecule has 9 heteroatoms. The Bertz CT molecular complexity index is 899. The third-order valence-corrected chi connectivity index (χ3v) is 5.05. The lowest BCUT2D eigenvalue weighted by Gasteiger charge is -2.36. The summed E-state index contributed by atoms with van der Waals surface area (Å²) >= 11 is 0. The van der Waals surface area contributed by atoms with Gasteiger partial charge in [-0.25, -0.2) is 9.59 Å². The van der Waals surface area contributed by atoms with Crippen LogP contribution in [0.1, 0.15) is 12.8 Å². The van der Waals surface area contributed by atoms with E-state index in [-0.39, 0.29) is 17.9 Å². The maximum Gasteiger partial charge on any atom is 0.417 e. The number of fused-ring (bicyclic) bond motifs is 1. The second kappa shape index (κ2) is 7.43. The number of oxazole rings is 1. The highest BCUT2D eigenvalue weighted by Gasteiger charge is 2.31. The van der Waals surface area contributed by atoms with Crippen molar-refractivity contribution in [2.24, 2.45) is 5.92 Å². The number of morpholine rings is 1. The lowest BCUT2D eigenvalue weighted by atomic mass is 9.96. The minimum absolute atomic E-state index is 0.103. The van der Waals surface area contributed by atoms with Crippen LogP contribution in [0.3, 0.4) is 0 Å². The molecule has 2 fully saturated rings. The summed E-state index contributed by atoms with van der Waals surface area (Å²) in [5.74, 6) is -0.604. The first-order valence-corrected chi connectivity index (χ1v) is 9.15. The third kappa shape index (κ3) is 3.82. The number of likely N-dealkylation sites (tertiary alicyclic amines) is 1. The molecule has 0 unspecified atom stereocenters. The summed E-state index contributed by atoms with van der Waals surface area (Å²) in [7, 11) is 0. The summed E-state index contributed by atoms with van der Waals surface area (Å²) in [5.41, 5.74) is 1.50. The van der Waals surface area contributed by atoms with Crippen LogP contribution in [0.2, 0.25) is 0 Å². The number of aromatic amines is 1. The van der Waals surface area contributed by atoms with Crippen molar-refractivity contribution in [3.8, 4) is 0 Å². The molecule has 144 valence electrons. The SMILES string of the molecule is O=C(Nc1ccc2[nH]c(=O)oc2c1)N1CCC[C@H](C(=O)N2CCOCC2)C1. The van der Waals surface area contributed by atoms with Gasteiger partial charge >= 0.3 is 11.8 Å². The Hall–Kier alpha value is -2.81. The van der Waals surface area contributed by atoms with Gasteiger partial charge < -0.3 is 24.3 Å². The number of nitrogens with one attached hydrogen (secondary N) is 2. The molecule has 4 rings (SSSR count). The molecule has 3 heterocycles. The number of anilines is 1. The van der Waals surface area contributed by atoms with Crippen molar-refractivity contribution < 1.29 is 18.7 Å². The quantitative estimate of drug-likeness (QED) is 0.822. The van der Waals surface area contributed by atoms with Crippen LogP contribution in [0.5, 0.6) is 0 Å². The van der Waals surface area contributed by atoms with Crippen molar-refractivity contribution in [1.29, 1.82) is 0 Å². The number of piperidine rings is 1. The van der Waals surface area contributed by atoms with Gasteiger partial charge in [0.1, 0.15) is 0 Å². The van der Waals surface area contributed by atoms with Crippen LogP contribution in [0.4, 0.5) is 10.5 Å². The molecule has 1 atom stereocenters. The highest BCUT2D eigenvalue weighted by molar-refractivity contribution is 5.92. The second-order valence-electron chi connectivity index (χ2n) is 6.88. The van der Waals surface area contributed by atoms with E-state index < -0.39 is 5.76 Å². The predicted octanol–water partition coefficient (Wildman–Crippen LogP) is 1.22. The van der Waals surface area contributed by atoms with Crippen molar-refractivity contribution in [3.63, 3.8) is 0 Å². The second-order valence-corrected chi connectivity index (χ2v) is 6.88. The van der Waals surface area contributed by atoms with Gasteiger partial charge in [-0.05, 0) is 25.0 Å². The van der Waals surface area contributed by atoms with Gasteiger partial charge in [-0.15, -0.1) is 0 Å². The molecule has 1 aromatic carbocycles. The molecule has 0 bridgehead atoms. The van der Waals surface area contributed by atoms with Gasteiger partial charge in [0.15, 0.2) is 5.58 Å². The fourth-order valence-electron chi connectivity index (χ4n) is 3.63. The Kier molecular flexibility index (Phi) is 4.85. The summed E-state index contributed by atoms with van der Waals surface area (Å²) in [6.07, 6.45) is 1.58. The minimum Gasteiger partial charge on any atom is -0.408 e. The van der Waals surface area contributed by atoms with Crippen LogP contribution in [0.25, 0.3) is 11.1 Å². The number of rotatable bonds is 2. The molecular weight excluding hydrogens is 352 g/mol. The summed E-state index contributed by atoms with van der Waals surface area (Å²) in [6.45, 7) is 3.39. The number of hydrogen-bond acceptors (Lipinski definition) is 5. The summed E-state index contributed by atoms with van der Waals surface area (Å²) < 4.78 is 10.3. The molecule has 0 spiro atoms. The molecule has 27 heavy (non-hydrogen) atoms. The number of ether oxygens (including phenoxy) is 1. The monoisotopic (exact) mass is 374 g/mol. The van der Waals surface area contributed by atoms with Crippen LogP contribution in [-0.2, 0) is 9.53 Å². The molecule has 2 saturated heterocycles. The number of urea groups is 1. The van der Waals surface area contributed by atoms with Crippen LogP contribution in [0, 0.1) is 5.92 Å². The third-order valence-electron chi connectivity index (χ3n) is 5.05. The molecule has 2 aliphatic heterocycles. The molecule has 3 amide bonds. The number of carbonyl (C=O) groups is 2. The Balaban J connectivity index is 1.40. The maximum atomic E-state index is 12.7. The van der Waals surface area contributed by atoms with E-state index in [1.807, 2.05) is 4.90 Å². The highest BCUT2D eigenvalue weighted by Crippen LogP contribution is 2.21. The number of hydrogen-bond donors (Lipinski definition) is 2. The Morgan fingerprint density at radius 3 is 2.78 bits per heavy atom. The van der Waals surface area contributed by atoms with Crippen molar-refractivity contribution in [3.05, 3.63) is 28.7 Å². The number of amides is 3. The first-order valence-electron chi connectivity index (χ1n) is 9.15. The van der Waals surface area contributed by atoms with Gasteiger partial charge in [-0.3, -0.25) is 9.78 Å². The van der Waals surface area contributed by atoms with E-state index in [4.69, 9.17) is 9.15 Å². The zero-order chi connectivity index (χ0) is 18.8. The normalized spacial score (nSPS) is 20.7. The Morgan fingerprint density at radius 2 is 1.96 bits per heavy atom. The molecule has 2 aromatic rings.